The summed E-state index contributed by atoms with van der Waals surface area (Å²) in [5, 5.41) is 12.2. The van der Waals surface area contributed by atoms with E-state index in [1.54, 1.807) is 0 Å². The number of alkyl carbamates (subject to hydrolysis) is 1. The molecule has 2 unspecified atom stereocenters. The number of nitrogens with one attached hydrogen (secondary N) is 1. The third-order valence-electron chi connectivity index (χ3n) is 5.17. The topological polar surface area (TPSA) is 58.6 Å². The Morgan fingerprint density at radius 1 is 1.12 bits per heavy atom. The van der Waals surface area contributed by atoms with E-state index < -0.39 is 6.09 Å². The summed E-state index contributed by atoms with van der Waals surface area (Å²) < 4.78 is 5.51. The van der Waals surface area contributed by atoms with Crippen molar-refractivity contribution in [2.45, 2.75) is 32.2 Å². The highest BCUT2D eigenvalue weighted by Gasteiger charge is 2.29. The molecule has 0 saturated carbocycles. The summed E-state index contributed by atoms with van der Waals surface area (Å²) in [4.78, 5) is 12.2. The second kappa shape index (κ2) is 7.70. The zero-order valence-electron chi connectivity index (χ0n) is 14.7. The van der Waals surface area contributed by atoms with E-state index in [4.69, 9.17) is 4.74 Å². The van der Waals surface area contributed by atoms with Gasteiger partial charge in [0.05, 0.1) is 12.6 Å². The molecule has 3 rings (SSSR count). The summed E-state index contributed by atoms with van der Waals surface area (Å²) in [5.41, 5.74) is 4.80. The highest BCUT2D eigenvalue weighted by molar-refractivity contribution is 5.79. The molecule has 2 aromatic rings. The maximum atomic E-state index is 12.2. The van der Waals surface area contributed by atoms with Crippen LogP contribution in [-0.2, 0) is 4.74 Å². The molecule has 0 heterocycles. The molecule has 0 aromatic heterocycles. The largest absolute Gasteiger partial charge is 0.449 e. The van der Waals surface area contributed by atoms with Crippen molar-refractivity contribution in [1.29, 1.82) is 0 Å². The van der Waals surface area contributed by atoms with Crippen molar-refractivity contribution in [3.05, 3.63) is 59.7 Å². The van der Waals surface area contributed by atoms with Crippen LogP contribution in [0.1, 0.15) is 37.3 Å². The van der Waals surface area contributed by atoms with Gasteiger partial charge in [-0.15, -0.1) is 0 Å². The first kappa shape index (κ1) is 17.5. The SMILES string of the molecule is CCC(C)C(CO)NC(=O)OCC1c2ccccc2-c2ccccc21. The first-order valence-corrected chi connectivity index (χ1v) is 8.88. The number of fused-ring (bicyclic) bond motifs is 3. The lowest BCUT2D eigenvalue weighted by molar-refractivity contribution is 0.124. The molecule has 1 aliphatic carbocycles. The zero-order valence-corrected chi connectivity index (χ0v) is 14.7. The van der Waals surface area contributed by atoms with Crippen LogP contribution in [0.15, 0.2) is 48.5 Å². The molecule has 1 amide bonds. The Hall–Kier alpha value is -2.33. The third kappa shape index (κ3) is 3.54. The molecule has 0 radical (unpaired) electrons. The summed E-state index contributed by atoms with van der Waals surface area (Å²) in [5.74, 6) is 0.250. The predicted molar refractivity (Wildman–Crippen MR) is 98.5 cm³/mol. The number of rotatable bonds is 6. The average molecular weight is 339 g/mol. The van der Waals surface area contributed by atoms with Crippen molar-refractivity contribution in [1.82, 2.24) is 5.32 Å². The van der Waals surface area contributed by atoms with Gasteiger partial charge in [0.15, 0.2) is 0 Å². The smallest absolute Gasteiger partial charge is 0.407 e. The first-order chi connectivity index (χ1) is 12.2. The fraction of sp³-hybridized carbons (Fsp3) is 0.381. The minimum atomic E-state index is -0.471. The normalized spacial score (nSPS) is 15.2. The van der Waals surface area contributed by atoms with Gasteiger partial charge in [-0.2, -0.15) is 0 Å². The Balaban J connectivity index is 1.70. The van der Waals surface area contributed by atoms with Crippen molar-refractivity contribution in [2.75, 3.05) is 13.2 Å². The second-order valence-electron chi connectivity index (χ2n) is 6.64. The lowest BCUT2D eigenvalue weighted by Crippen LogP contribution is -2.42. The minimum absolute atomic E-state index is 0.0503. The standard InChI is InChI=1S/C21H25NO3/c1-3-14(2)20(12-23)22-21(24)25-13-19-17-10-6-4-8-15(17)16-9-5-7-11-18(16)19/h4-11,14,19-20,23H,3,12-13H2,1-2H3,(H,22,24). The average Bonchev–Trinajstić information content (AvgIpc) is 2.98. The van der Waals surface area contributed by atoms with Crippen LogP contribution in [0, 0.1) is 5.92 Å². The van der Waals surface area contributed by atoms with Gasteiger partial charge in [0.25, 0.3) is 0 Å². The molecule has 0 saturated heterocycles. The fourth-order valence-electron chi connectivity index (χ4n) is 3.44. The molecule has 132 valence electrons. The van der Waals surface area contributed by atoms with Crippen LogP contribution in [0.3, 0.4) is 0 Å². The predicted octanol–water partition coefficient (Wildman–Crippen LogP) is 3.93. The van der Waals surface area contributed by atoms with Crippen LogP contribution in [0.4, 0.5) is 4.79 Å². The van der Waals surface area contributed by atoms with Crippen LogP contribution in [0.5, 0.6) is 0 Å². The van der Waals surface area contributed by atoms with E-state index in [2.05, 4.69) is 29.6 Å². The number of hydrogen-bond acceptors (Lipinski definition) is 3. The molecular weight excluding hydrogens is 314 g/mol. The molecule has 0 aliphatic heterocycles. The molecule has 0 bridgehead atoms. The Labute approximate surface area is 148 Å². The Bertz CT molecular complexity index is 698. The van der Waals surface area contributed by atoms with Crippen LogP contribution in [0.2, 0.25) is 0 Å². The lowest BCUT2D eigenvalue weighted by Gasteiger charge is -2.22. The number of carbonyl (C=O) groups is 1. The van der Waals surface area contributed by atoms with E-state index in [0.717, 1.165) is 6.42 Å². The highest BCUT2D eigenvalue weighted by Crippen LogP contribution is 2.44. The highest BCUT2D eigenvalue weighted by atomic mass is 16.5. The number of benzene rings is 2. The maximum Gasteiger partial charge on any atom is 0.407 e. The summed E-state index contributed by atoms with van der Waals surface area (Å²) in [6.07, 6.45) is 0.413. The van der Waals surface area contributed by atoms with Crippen LogP contribution in [-0.4, -0.2) is 30.5 Å². The van der Waals surface area contributed by atoms with Gasteiger partial charge >= 0.3 is 6.09 Å². The molecule has 25 heavy (non-hydrogen) atoms. The van der Waals surface area contributed by atoms with Gasteiger partial charge in [-0.1, -0.05) is 68.8 Å². The molecule has 4 heteroatoms. The number of carbonyl (C=O) groups excluding carboxylic acids is 1. The zero-order chi connectivity index (χ0) is 17.8. The van der Waals surface area contributed by atoms with Crippen molar-refractivity contribution < 1.29 is 14.6 Å². The van der Waals surface area contributed by atoms with Gasteiger partial charge in [-0.3, -0.25) is 0 Å². The van der Waals surface area contributed by atoms with Crippen molar-refractivity contribution in [3.63, 3.8) is 0 Å². The van der Waals surface area contributed by atoms with Crippen molar-refractivity contribution in [2.24, 2.45) is 5.92 Å². The van der Waals surface area contributed by atoms with Gasteiger partial charge < -0.3 is 15.2 Å². The van der Waals surface area contributed by atoms with Crippen LogP contribution >= 0.6 is 0 Å². The molecule has 0 spiro atoms. The van der Waals surface area contributed by atoms with Gasteiger partial charge in [0, 0.05) is 5.92 Å². The van der Waals surface area contributed by atoms with Gasteiger partial charge in [0.2, 0.25) is 0 Å². The van der Waals surface area contributed by atoms with E-state index >= 15 is 0 Å². The second-order valence-corrected chi connectivity index (χ2v) is 6.64. The molecule has 0 fully saturated rings. The lowest BCUT2D eigenvalue weighted by atomic mass is 9.98. The first-order valence-electron chi connectivity index (χ1n) is 8.88. The third-order valence-corrected chi connectivity index (χ3v) is 5.17. The number of amides is 1. The van der Waals surface area contributed by atoms with Crippen molar-refractivity contribution in [3.8, 4) is 11.1 Å². The summed E-state index contributed by atoms with van der Waals surface area (Å²) in [7, 11) is 0. The van der Waals surface area contributed by atoms with E-state index in [1.807, 2.05) is 38.1 Å². The van der Waals surface area contributed by atoms with E-state index in [9.17, 15) is 9.90 Å². The fourth-order valence-corrected chi connectivity index (χ4v) is 3.44. The Morgan fingerprint density at radius 3 is 2.20 bits per heavy atom. The number of aliphatic hydroxyl groups excluding tert-OH is 1. The molecule has 1 aliphatic rings. The van der Waals surface area contributed by atoms with Gasteiger partial charge in [-0.25, -0.2) is 4.79 Å². The summed E-state index contributed by atoms with van der Waals surface area (Å²) in [6.45, 7) is 4.25. The monoisotopic (exact) mass is 339 g/mol. The van der Waals surface area contributed by atoms with E-state index in [0.29, 0.717) is 6.61 Å². The maximum absolute atomic E-state index is 12.2. The van der Waals surface area contributed by atoms with Crippen LogP contribution in [0.25, 0.3) is 11.1 Å². The van der Waals surface area contributed by atoms with Gasteiger partial charge in [0.1, 0.15) is 6.61 Å². The molecular formula is C21H25NO3. The molecule has 4 nitrogen and oxygen atoms in total. The quantitative estimate of drug-likeness (QED) is 0.838. The molecule has 2 aromatic carbocycles. The van der Waals surface area contributed by atoms with Gasteiger partial charge in [-0.05, 0) is 28.2 Å². The summed E-state index contributed by atoms with van der Waals surface area (Å²) in [6, 6.07) is 16.2. The number of aliphatic hydroxyl groups is 1. The summed E-state index contributed by atoms with van der Waals surface area (Å²) >= 11 is 0. The van der Waals surface area contributed by atoms with Crippen LogP contribution < -0.4 is 5.32 Å². The number of hydrogen-bond donors (Lipinski definition) is 2. The Kier molecular flexibility index (Phi) is 5.39. The molecule has 2 N–H and O–H groups in total. The molecule has 2 atom stereocenters. The van der Waals surface area contributed by atoms with E-state index in [1.165, 1.54) is 22.3 Å². The minimum Gasteiger partial charge on any atom is -0.449 e. The van der Waals surface area contributed by atoms with Crippen molar-refractivity contribution >= 4 is 6.09 Å². The Morgan fingerprint density at radius 2 is 1.68 bits per heavy atom. The van der Waals surface area contributed by atoms with E-state index in [-0.39, 0.29) is 24.5 Å². The number of ether oxygens (including phenoxy) is 1.